The summed E-state index contributed by atoms with van der Waals surface area (Å²) in [7, 11) is 0. The van der Waals surface area contributed by atoms with Gasteiger partial charge in [0.2, 0.25) is 0 Å². The van der Waals surface area contributed by atoms with E-state index in [2.05, 4.69) is 5.32 Å². The van der Waals surface area contributed by atoms with Crippen molar-refractivity contribution in [3.63, 3.8) is 0 Å². The van der Waals surface area contributed by atoms with Crippen molar-refractivity contribution in [3.8, 4) is 5.75 Å². The SMILES string of the molecule is CCOc1ccc2c(c1)CCN(C(=O)OC(C)(C)C)[C@@H]2C(=O)Nc1cc(F)c(C(C)(C)COCC(F)F)c(F)c1. The first-order valence-corrected chi connectivity index (χ1v) is 13.0. The van der Waals surface area contributed by atoms with Crippen molar-refractivity contribution in [2.45, 2.75) is 71.4 Å². The van der Waals surface area contributed by atoms with Crippen LogP contribution in [0.2, 0.25) is 0 Å². The number of rotatable bonds is 9. The molecule has 0 unspecified atom stereocenters. The fourth-order valence-electron chi connectivity index (χ4n) is 4.64. The molecule has 0 radical (unpaired) electrons. The van der Waals surface area contributed by atoms with Gasteiger partial charge in [-0.05, 0) is 69.5 Å². The van der Waals surface area contributed by atoms with Gasteiger partial charge in [-0.3, -0.25) is 9.69 Å². The lowest BCUT2D eigenvalue weighted by atomic mass is 9.84. The van der Waals surface area contributed by atoms with Gasteiger partial charge >= 0.3 is 6.09 Å². The summed E-state index contributed by atoms with van der Waals surface area (Å²) in [5, 5.41) is 2.53. The van der Waals surface area contributed by atoms with Gasteiger partial charge in [0.25, 0.3) is 12.3 Å². The largest absolute Gasteiger partial charge is 0.494 e. The minimum Gasteiger partial charge on any atom is -0.494 e. The van der Waals surface area contributed by atoms with Crippen LogP contribution in [0.15, 0.2) is 30.3 Å². The number of hydrogen-bond acceptors (Lipinski definition) is 5. The molecule has 2 aromatic rings. The third-order valence-corrected chi connectivity index (χ3v) is 6.22. The van der Waals surface area contributed by atoms with E-state index < -0.39 is 53.7 Å². The van der Waals surface area contributed by atoms with Gasteiger partial charge in [0, 0.05) is 23.2 Å². The number of alkyl halides is 2. The Balaban J connectivity index is 1.92. The first-order valence-electron chi connectivity index (χ1n) is 13.0. The summed E-state index contributed by atoms with van der Waals surface area (Å²) in [6.45, 7) is 9.32. The lowest BCUT2D eigenvalue weighted by Crippen LogP contribution is -2.47. The number of carbonyl (C=O) groups is 2. The lowest BCUT2D eigenvalue weighted by molar-refractivity contribution is -0.122. The molecular formula is C29H36F4N2O5. The van der Waals surface area contributed by atoms with Gasteiger partial charge in [-0.2, -0.15) is 0 Å². The molecule has 1 atom stereocenters. The van der Waals surface area contributed by atoms with Crippen LogP contribution >= 0.6 is 0 Å². The molecule has 0 fully saturated rings. The molecule has 0 saturated carbocycles. The highest BCUT2D eigenvalue weighted by Crippen LogP contribution is 2.36. The summed E-state index contributed by atoms with van der Waals surface area (Å²) in [5.41, 5.74) is -1.28. The highest BCUT2D eigenvalue weighted by molar-refractivity contribution is 5.98. The molecule has 7 nitrogen and oxygen atoms in total. The number of hydrogen-bond donors (Lipinski definition) is 1. The van der Waals surface area contributed by atoms with E-state index >= 15 is 8.78 Å². The van der Waals surface area contributed by atoms with Crippen LogP contribution in [0.3, 0.4) is 0 Å². The van der Waals surface area contributed by atoms with Gasteiger partial charge in [-0.25, -0.2) is 22.4 Å². The van der Waals surface area contributed by atoms with E-state index in [1.165, 1.54) is 18.7 Å². The van der Waals surface area contributed by atoms with Crippen LogP contribution in [0, 0.1) is 11.6 Å². The normalized spacial score (nSPS) is 15.6. The average molecular weight is 569 g/mol. The first-order chi connectivity index (χ1) is 18.6. The number of anilines is 1. The van der Waals surface area contributed by atoms with Gasteiger partial charge in [-0.15, -0.1) is 0 Å². The van der Waals surface area contributed by atoms with Crippen molar-refractivity contribution in [2.24, 2.45) is 0 Å². The fraction of sp³-hybridized carbons (Fsp3) is 0.517. The van der Waals surface area contributed by atoms with Crippen molar-refractivity contribution >= 4 is 17.7 Å². The Bertz CT molecular complexity index is 1210. The Kier molecular flexibility index (Phi) is 9.71. The fourth-order valence-corrected chi connectivity index (χ4v) is 4.64. The zero-order valence-corrected chi connectivity index (χ0v) is 23.6. The smallest absolute Gasteiger partial charge is 0.411 e. The molecule has 0 aliphatic carbocycles. The van der Waals surface area contributed by atoms with Crippen molar-refractivity contribution < 1.29 is 41.4 Å². The predicted octanol–water partition coefficient (Wildman–Crippen LogP) is 6.40. The van der Waals surface area contributed by atoms with Gasteiger partial charge < -0.3 is 19.5 Å². The Hall–Kier alpha value is -3.34. The van der Waals surface area contributed by atoms with E-state index in [9.17, 15) is 18.4 Å². The van der Waals surface area contributed by atoms with Crippen molar-refractivity contribution in [3.05, 3.63) is 58.7 Å². The molecule has 1 N–H and O–H groups in total. The molecule has 0 saturated heterocycles. The zero-order chi connectivity index (χ0) is 29.8. The molecule has 1 aliphatic rings. The van der Waals surface area contributed by atoms with E-state index in [4.69, 9.17) is 14.2 Å². The molecule has 0 aromatic heterocycles. The molecule has 1 aliphatic heterocycles. The third kappa shape index (κ3) is 7.65. The summed E-state index contributed by atoms with van der Waals surface area (Å²) in [6, 6.07) is 5.94. The summed E-state index contributed by atoms with van der Waals surface area (Å²) in [5.74, 6) is -2.03. The maximum atomic E-state index is 15.1. The van der Waals surface area contributed by atoms with E-state index in [1.54, 1.807) is 39.0 Å². The summed E-state index contributed by atoms with van der Waals surface area (Å²) in [4.78, 5) is 28.0. The van der Waals surface area contributed by atoms with Crippen molar-refractivity contribution in [2.75, 3.05) is 31.7 Å². The Morgan fingerprint density at radius 1 is 1.07 bits per heavy atom. The highest BCUT2D eigenvalue weighted by atomic mass is 19.3. The summed E-state index contributed by atoms with van der Waals surface area (Å²) >= 11 is 0. The third-order valence-electron chi connectivity index (χ3n) is 6.22. The number of nitrogens with one attached hydrogen (secondary N) is 1. The second-order valence-electron chi connectivity index (χ2n) is 11.2. The van der Waals surface area contributed by atoms with Gasteiger partial charge in [0.1, 0.15) is 35.6 Å². The van der Waals surface area contributed by atoms with Crippen LogP contribution < -0.4 is 10.1 Å². The molecule has 220 valence electrons. The molecule has 40 heavy (non-hydrogen) atoms. The predicted molar refractivity (Wildman–Crippen MR) is 142 cm³/mol. The number of nitrogens with zero attached hydrogens (tertiary/aromatic N) is 1. The number of carbonyl (C=O) groups excluding carboxylic acids is 2. The second kappa shape index (κ2) is 12.4. The van der Waals surface area contributed by atoms with Crippen LogP contribution in [-0.4, -0.2) is 55.3 Å². The zero-order valence-electron chi connectivity index (χ0n) is 23.6. The van der Waals surface area contributed by atoms with Crippen LogP contribution in [0.25, 0.3) is 0 Å². The van der Waals surface area contributed by atoms with Crippen LogP contribution in [0.4, 0.5) is 28.0 Å². The first kappa shape index (κ1) is 31.2. The second-order valence-corrected chi connectivity index (χ2v) is 11.2. The van der Waals surface area contributed by atoms with E-state index in [0.717, 1.165) is 17.7 Å². The number of ether oxygens (including phenoxy) is 3. The quantitative estimate of drug-likeness (QED) is 0.355. The summed E-state index contributed by atoms with van der Waals surface area (Å²) < 4.78 is 71.2. The van der Waals surface area contributed by atoms with Crippen LogP contribution in [-0.2, 0) is 26.1 Å². The molecule has 1 heterocycles. The van der Waals surface area contributed by atoms with Gasteiger partial charge in [0.05, 0.1) is 13.2 Å². The van der Waals surface area contributed by atoms with Crippen molar-refractivity contribution in [1.82, 2.24) is 4.90 Å². The van der Waals surface area contributed by atoms with E-state index in [1.807, 2.05) is 6.92 Å². The molecule has 2 amide bonds. The van der Waals surface area contributed by atoms with E-state index in [0.29, 0.717) is 24.3 Å². The molecule has 3 rings (SSSR count). The number of halogens is 4. The molecule has 0 spiro atoms. The molecule has 0 bridgehead atoms. The molecular weight excluding hydrogens is 532 g/mol. The Labute approximate surface area is 231 Å². The van der Waals surface area contributed by atoms with Gasteiger partial charge in [0.15, 0.2) is 0 Å². The van der Waals surface area contributed by atoms with Crippen LogP contribution in [0.5, 0.6) is 5.75 Å². The molecule has 2 aromatic carbocycles. The average Bonchev–Trinajstić information content (AvgIpc) is 2.81. The van der Waals surface area contributed by atoms with Crippen molar-refractivity contribution in [1.29, 1.82) is 0 Å². The summed E-state index contributed by atoms with van der Waals surface area (Å²) in [6.07, 6.45) is -2.97. The number of amides is 2. The van der Waals surface area contributed by atoms with E-state index in [-0.39, 0.29) is 24.4 Å². The van der Waals surface area contributed by atoms with Gasteiger partial charge in [-0.1, -0.05) is 19.9 Å². The minimum absolute atomic E-state index is 0.171. The Morgan fingerprint density at radius 2 is 1.73 bits per heavy atom. The molecule has 11 heteroatoms. The van der Waals surface area contributed by atoms with Crippen LogP contribution in [0.1, 0.15) is 64.3 Å². The number of benzene rings is 2. The maximum absolute atomic E-state index is 15.1. The maximum Gasteiger partial charge on any atom is 0.411 e. The topological polar surface area (TPSA) is 77.1 Å². The standard InChI is InChI=1S/C29H36F4N2O5/c1-7-39-19-8-9-20-17(12-19)10-11-35(27(37)40-28(2,3)4)25(20)26(36)34-18-13-21(30)24(22(31)14-18)29(5,6)16-38-15-23(32)33/h8-9,12-14,23,25H,7,10-11,15-16H2,1-6H3,(H,34,36)/t25-/m0/s1. The number of fused-ring (bicyclic) bond motifs is 1. The minimum atomic E-state index is -2.71. The Morgan fingerprint density at radius 3 is 2.30 bits per heavy atom. The monoisotopic (exact) mass is 568 g/mol. The lowest BCUT2D eigenvalue weighted by Gasteiger charge is -2.37. The highest BCUT2D eigenvalue weighted by Gasteiger charge is 2.39.